The van der Waals surface area contributed by atoms with Crippen LogP contribution >= 0.6 is 0 Å². The molecule has 0 aliphatic heterocycles. The lowest BCUT2D eigenvalue weighted by molar-refractivity contribution is 0.0959. The van der Waals surface area contributed by atoms with E-state index in [0.717, 1.165) is 25.7 Å². The largest absolute Gasteiger partial charge is 0.355 e. The van der Waals surface area contributed by atoms with Crippen LogP contribution in [-0.4, -0.2) is 25.0 Å². The minimum Gasteiger partial charge on any atom is -0.355 e. The Hall–Kier alpha value is -2.11. The van der Waals surface area contributed by atoms with Crippen LogP contribution in [-0.2, 0) is 0 Å². The topological polar surface area (TPSA) is 70.2 Å². The maximum atomic E-state index is 13.6. The molecule has 0 heterocycles. The van der Waals surface area contributed by atoms with Crippen molar-refractivity contribution in [2.24, 2.45) is 0 Å². The fourth-order valence-corrected chi connectivity index (χ4v) is 2.69. The second-order valence-electron chi connectivity index (χ2n) is 5.56. The van der Waals surface area contributed by atoms with Gasteiger partial charge in [0.15, 0.2) is 0 Å². The molecule has 1 aliphatic rings. The van der Waals surface area contributed by atoms with E-state index >= 15 is 0 Å². The zero-order chi connectivity index (χ0) is 15.9. The SMILES string of the molecule is CNC(=O)c1cc(NC(=O)NC2CCCCCC2)ccc1F. The number of nitrogens with one attached hydrogen (secondary N) is 3. The molecule has 22 heavy (non-hydrogen) atoms. The van der Waals surface area contributed by atoms with Crippen molar-refractivity contribution in [2.75, 3.05) is 12.4 Å². The van der Waals surface area contributed by atoms with Gasteiger partial charge in [-0.25, -0.2) is 9.18 Å². The lowest BCUT2D eigenvalue weighted by Crippen LogP contribution is -2.37. The van der Waals surface area contributed by atoms with Crippen molar-refractivity contribution in [3.8, 4) is 0 Å². The Labute approximate surface area is 129 Å². The van der Waals surface area contributed by atoms with E-state index in [1.54, 1.807) is 0 Å². The maximum Gasteiger partial charge on any atom is 0.319 e. The van der Waals surface area contributed by atoms with Crippen LogP contribution in [0.25, 0.3) is 0 Å². The number of carbonyl (C=O) groups is 2. The van der Waals surface area contributed by atoms with Crippen molar-refractivity contribution >= 4 is 17.6 Å². The van der Waals surface area contributed by atoms with Crippen molar-refractivity contribution < 1.29 is 14.0 Å². The van der Waals surface area contributed by atoms with Crippen molar-refractivity contribution in [1.82, 2.24) is 10.6 Å². The quantitative estimate of drug-likeness (QED) is 0.751. The van der Waals surface area contributed by atoms with Gasteiger partial charge in [0.25, 0.3) is 5.91 Å². The van der Waals surface area contributed by atoms with E-state index in [9.17, 15) is 14.0 Å². The number of benzene rings is 1. The molecule has 1 fully saturated rings. The smallest absolute Gasteiger partial charge is 0.319 e. The molecule has 0 aromatic heterocycles. The van der Waals surface area contributed by atoms with E-state index in [4.69, 9.17) is 0 Å². The van der Waals surface area contributed by atoms with Crippen molar-refractivity contribution in [2.45, 2.75) is 44.6 Å². The molecule has 3 N–H and O–H groups in total. The first-order valence-electron chi connectivity index (χ1n) is 7.69. The molecule has 0 saturated heterocycles. The summed E-state index contributed by atoms with van der Waals surface area (Å²) in [5.41, 5.74) is 0.306. The first-order valence-corrected chi connectivity index (χ1v) is 7.69. The minimum absolute atomic E-state index is 0.0882. The summed E-state index contributed by atoms with van der Waals surface area (Å²) in [4.78, 5) is 23.6. The summed E-state index contributed by atoms with van der Waals surface area (Å²) in [6.45, 7) is 0. The molecule has 0 unspecified atom stereocenters. The average Bonchev–Trinajstić information content (AvgIpc) is 2.77. The van der Waals surface area contributed by atoms with E-state index in [0.29, 0.717) is 5.69 Å². The lowest BCUT2D eigenvalue weighted by atomic mass is 10.1. The molecule has 1 aliphatic carbocycles. The molecule has 0 spiro atoms. The van der Waals surface area contributed by atoms with E-state index < -0.39 is 11.7 Å². The summed E-state index contributed by atoms with van der Waals surface area (Å²) in [5.74, 6) is -1.14. The second kappa shape index (κ2) is 7.77. The predicted octanol–water partition coefficient (Wildman–Crippen LogP) is 3.03. The zero-order valence-corrected chi connectivity index (χ0v) is 12.7. The van der Waals surface area contributed by atoms with Gasteiger partial charge < -0.3 is 16.0 Å². The summed E-state index contributed by atoms with van der Waals surface area (Å²) in [5, 5.41) is 7.97. The molecular weight excluding hydrogens is 285 g/mol. The highest BCUT2D eigenvalue weighted by atomic mass is 19.1. The molecule has 2 rings (SSSR count). The summed E-state index contributed by atoms with van der Waals surface area (Å²) in [7, 11) is 1.43. The summed E-state index contributed by atoms with van der Waals surface area (Å²) in [6.07, 6.45) is 6.66. The highest BCUT2D eigenvalue weighted by Gasteiger charge is 2.16. The molecule has 1 saturated carbocycles. The molecule has 1 aromatic carbocycles. The van der Waals surface area contributed by atoms with Gasteiger partial charge >= 0.3 is 6.03 Å². The minimum atomic E-state index is -0.617. The Morgan fingerprint density at radius 2 is 1.82 bits per heavy atom. The van der Waals surface area contributed by atoms with Crippen LogP contribution < -0.4 is 16.0 Å². The molecule has 120 valence electrons. The van der Waals surface area contributed by atoms with Gasteiger partial charge in [-0.2, -0.15) is 0 Å². The molecule has 0 bridgehead atoms. The molecule has 1 aromatic rings. The van der Waals surface area contributed by atoms with Gasteiger partial charge in [0.05, 0.1) is 5.56 Å². The van der Waals surface area contributed by atoms with E-state index in [2.05, 4.69) is 16.0 Å². The maximum absolute atomic E-state index is 13.6. The van der Waals surface area contributed by atoms with Gasteiger partial charge in [-0.15, -0.1) is 0 Å². The summed E-state index contributed by atoms with van der Waals surface area (Å²) < 4.78 is 13.6. The summed E-state index contributed by atoms with van der Waals surface area (Å²) in [6, 6.07) is 3.81. The summed E-state index contributed by atoms with van der Waals surface area (Å²) >= 11 is 0. The first-order chi connectivity index (χ1) is 10.6. The van der Waals surface area contributed by atoms with Crippen molar-refractivity contribution in [3.63, 3.8) is 0 Å². The normalized spacial score (nSPS) is 15.7. The number of amides is 3. The van der Waals surface area contributed by atoms with Crippen LogP contribution in [0, 0.1) is 5.82 Å². The van der Waals surface area contributed by atoms with Gasteiger partial charge in [0, 0.05) is 18.8 Å². The third-order valence-corrected chi connectivity index (χ3v) is 3.89. The fourth-order valence-electron chi connectivity index (χ4n) is 2.69. The van der Waals surface area contributed by atoms with Gasteiger partial charge in [0.1, 0.15) is 5.82 Å². The number of carbonyl (C=O) groups excluding carboxylic acids is 2. The molecule has 0 atom stereocenters. The Morgan fingerprint density at radius 3 is 2.45 bits per heavy atom. The van der Waals surface area contributed by atoms with Crippen LogP contribution in [0.3, 0.4) is 0 Å². The molecule has 3 amide bonds. The van der Waals surface area contributed by atoms with Crippen molar-refractivity contribution in [1.29, 1.82) is 0 Å². The van der Waals surface area contributed by atoms with Crippen LogP contribution in [0.15, 0.2) is 18.2 Å². The molecule has 0 radical (unpaired) electrons. The Kier molecular flexibility index (Phi) is 5.75. The third kappa shape index (κ3) is 4.44. The first kappa shape index (κ1) is 16.3. The average molecular weight is 307 g/mol. The van der Waals surface area contributed by atoms with Crippen molar-refractivity contribution in [3.05, 3.63) is 29.6 Å². The number of halogens is 1. The van der Waals surface area contributed by atoms with Crippen LogP contribution in [0.1, 0.15) is 48.9 Å². The second-order valence-corrected chi connectivity index (χ2v) is 5.56. The fraction of sp³-hybridized carbons (Fsp3) is 0.500. The number of rotatable bonds is 3. The van der Waals surface area contributed by atoms with Gasteiger partial charge in [-0.3, -0.25) is 4.79 Å². The molecule has 5 nitrogen and oxygen atoms in total. The zero-order valence-electron chi connectivity index (χ0n) is 12.7. The van der Waals surface area contributed by atoms with Gasteiger partial charge in [-0.05, 0) is 31.0 Å². The van der Waals surface area contributed by atoms with E-state index in [-0.39, 0.29) is 17.6 Å². The van der Waals surface area contributed by atoms with Crippen LogP contribution in [0.5, 0.6) is 0 Å². The highest BCUT2D eigenvalue weighted by Crippen LogP contribution is 2.18. The Morgan fingerprint density at radius 1 is 1.14 bits per heavy atom. The number of hydrogen-bond acceptors (Lipinski definition) is 2. The van der Waals surface area contributed by atoms with E-state index in [1.807, 2.05) is 0 Å². The monoisotopic (exact) mass is 307 g/mol. The third-order valence-electron chi connectivity index (χ3n) is 3.89. The number of anilines is 1. The predicted molar refractivity (Wildman–Crippen MR) is 83.4 cm³/mol. The van der Waals surface area contributed by atoms with Crippen LogP contribution in [0.4, 0.5) is 14.9 Å². The van der Waals surface area contributed by atoms with Crippen LogP contribution in [0.2, 0.25) is 0 Å². The lowest BCUT2D eigenvalue weighted by Gasteiger charge is -2.17. The number of hydrogen-bond donors (Lipinski definition) is 3. The Balaban J connectivity index is 1.97. The number of urea groups is 1. The molecule has 6 heteroatoms. The highest BCUT2D eigenvalue weighted by molar-refractivity contribution is 5.97. The van der Waals surface area contributed by atoms with E-state index in [1.165, 1.54) is 38.1 Å². The molecular formula is C16H22FN3O2. The van der Waals surface area contributed by atoms with Gasteiger partial charge in [0.2, 0.25) is 0 Å². The Bertz CT molecular complexity index is 540. The standard InChI is InChI=1S/C16H22FN3O2/c1-18-15(21)13-10-12(8-9-14(13)17)20-16(22)19-11-6-4-2-3-5-7-11/h8-11H,2-7H2,1H3,(H,18,21)(H2,19,20,22). The van der Waals surface area contributed by atoms with Gasteiger partial charge in [-0.1, -0.05) is 25.7 Å².